The number of rotatable bonds is 4. The monoisotopic (exact) mass is 206 g/mol. The van der Waals surface area contributed by atoms with E-state index in [-0.39, 0.29) is 0 Å². The molecule has 2 unspecified atom stereocenters. The van der Waals surface area contributed by atoms with Gasteiger partial charge in [-0.15, -0.1) is 0 Å². The van der Waals surface area contributed by atoms with Crippen LogP contribution in [0.5, 0.6) is 0 Å². The zero-order valence-electron chi connectivity index (χ0n) is 10.2. The topological polar surface area (TPSA) is 20.2 Å². The van der Waals surface area contributed by atoms with E-state index < -0.39 is 5.60 Å². The summed E-state index contributed by atoms with van der Waals surface area (Å²) in [5.41, 5.74) is 1.53. The summed E-state index contributed by atoms with van der Waals surface area (Å²) in [5.74, 6) is 0.295. The summed E-state index contributed by atoms with van der Waals surface area (Å²) >= 11 is 0. The lowest BCUT2D eigenvalue weighted by Crippen LogP contribution is -2.30. The molecule has 1 heteroatoms. The van der Waals surface area contributed by atoms with Gasteiger partial charge in [0.05, 0.1) is 5.60 Å². The second-order valence-corrected chi connectivity index (χ2v) is 4.65. The summed E-state index contributed by atoms with van der Waals surface area (Å²) in [4.78, 5) is 0. The molecule has 0 heterocycles. The second kappa shape index (κ2) is 4.80. The summed E-state index contributed by atoms with van der Waals surface area (Å²) in [7, 11) is 0. The van der Waals surface area contributed by atoms with Crippen molar-refractivity contribution in [1.29, 1.82) is 0 Å². The number of hydrogen-bond acceptors (Lipinski definition) is 1. The van der Waals surface area contributed by atoms with E-state index in [2.05, 4.69) is 26.8 Å². The number of benzene rings is 1. The Morgan fingerprint density at radius 1 is 1.33 bits per heavy atom. The third kappa shape index (κ3) is 2.60. The molecule has 84 valence electrons. The van der Waals surface area contributed by atoms with E-state index in [9.17, 15) is 5.11 Å². The molecule has 1 aromatic carbocycles. The van der Waals surface area contributed by atoms with Gasteiger partial charge >= 0.3 is 0 Å². The second-order valence-electron chi connectivity index (χ2n) is 4.65. The van der Waals surface area contributed by atoms with Gasteiger partial charge < -0.3 is 5.11 Å². The fraction of sp³-hybridized carbons (Fsp3) is 0.571. The van der Waals surface area contributed by atoms with Crippen LogP contribution in [0.4, 0.5) is 0 Å². The highest BCUT2D eigenvalue weighted by atomic mass is 16.3. The van der Waals surface area contributed by atoms with Crippen LogP contribution in [0, 0.1) is 12.8 Å². The van der Waals surface area contributed by atoms with E-state index >= 15 is 0 Å². The number of aryl methyl sites for hydroxylation is 1. The molecule has 1 nitrogen and oxygen atoms in total. The quantitative estimate of drug-likeness (QED) is 0.797. The summed E-state index contributed by atoms with van der Waals surface area (Å²) in [6.45, 7) is 8.26. The van der Waals surface area contributed by atoms with Gasteiger partial charge in [-0.25, -0.2) is 0 Å². The highest BCUT2D eigenvalue weighted by Gasteiger charge is 2.30. The predicted molar refractivity (Wildman–Crippen MR) is 64.8 cm³/mol. The van der Waals surface area contributed by atoms with Crippen molar-refractivity contribution >= 4 is 0 Å². The molecule has 0 aliphatic carbocycles. The first kappa shape index (κ1) is 12.3. The molecule has 0 spiro atoms. The Bertz CT molecular complexity index is 315. The molecule has 0 radical (unpaired) electrons. The van der Waals surface area contributed by atoms with Crippen LogP contribution in [0.2, 0.25) is 0 Å². The van der Waals surface area contributed by atoms with Gasteiger partial charge in [-0.1, -0.05) is 44.5 Å². The van der Waals surface area contributed by atoms with Crippen LogP contribution in [0.15, 0.2) is 24.3 Å². The largest absolute Gasteiger partial charge is 0.385 e. The minimum atomic E-state index is -0.707. The van der Waals surface area contributed by atoms with Crippen LogP contribution < -0.4 is 0 Å². The molecule has 0 aliphatic heterocycles. The van der Waals surface area contributed by atoms with Crippen LogP contribution in [-0.2, 0) is 5.60 Å². The smallest absolute Gasteiger partial charge is 0.0896 e. The molecular formula is C14H22O. The molecule has 15 heavy (non-hydrogen) atoms. The molecule has 2 atom stereocenters. The van der Waals surface area contributed by atoms with Gasteiger partial charge in [-0.2, -0.15) is 0 Å². The lowest BCUT2D eigenvalue weighted by atomic mass is 9.80. The van der Waals surface area contributed by atoms with Gasteiger partial charge in [0.2, 0.25) is 0 Å². The van der Waals surface area contributed by atoms with Crippen molar-refractivity contribution in [2.75, 3.05) is 0 Å². The van der Waals surface area contributed by atoms with Crippen molar-refractivity contribution in [3.8, 4) is 0 Å². The van der Waals surface area contributed by atoms with E-state index in [1.54, 1.807) is 0 Å². The first-order valence-electron chi connectivity index (χ1n) is 5.78. The van der Waals surface area contributed by atoms with Gasteiger partial charge in [-0.3, -0.25) is 0 Å². The van der Waals surface area contributed by atoms with Gasteiger partial charge in [-0.05, 0) is 37.3 Å². The minimum absolute atomic E-state index is 0.295. The number of aliphatic hydroxyl groups is 1. The summed E-state index contributed by atoms with van der Waals surface area (Å²) < 4.78 is 0. The van der Waals surface area contributed by atoms with Crippen LogP contribution in [0.25, 0.3) is 0 Å². The third-order valence-electron chi connectivity index (χ3n) is 3.37. The average Bonchev–Trinajstić information content (AvgIpc) is 2.18. The van der Waals surface area contributed by atoms with Crippen molar-refractivity contribution < 1.29 is 5.11 Å². The maximum absolute atomic E-state index is 10.6. The number of hydrogen-bond donors (Lipinski definition) is 1. The van der Waals surface area contributed by atoms with Gasteiger partial charge in [0.15, 0.2) is 0 Å². The summed E-state index contributed by atoms with van der Waals surface area (Å²) in [6.07, 6.45) is 2.17. The summed E-state index contributed by atoms with van der Waals surface area (Å²) in [5, 5.41) is 10.6. The van der Waals surface area contributed by atoms with Gasteiger partial charge in [0.1, 0.15) is 0 Å². The average molecular weight is 206 g/mol. The Balaban J connectivity index is 2.99. The molecule has 0 bridgehead atoms. The zero-order valence-corrected chi connectivity index (χ0v) is 10.2. The normalized spacial score (nSPS) is 17.1. The van der Waals surface area contributed by atoms with Gasteiger partial charge in [0.25, 0.3) is 0 Å². The van der Waals surface area contributed by atoms with Crippen molar-refractivity contribution in [2.24, 2.45) is 5.92 Å². The summed E-state index contributed by atoms with van der Waals surface area (Å²) in [6, 6.07) is 8.10. The van der Waals surface area contributed by atoms with Crippen LogP contribution in [0.1, 0.15) is 44.7 Å². The SMILES string of the molecule is CCCC(C)C(C)(O)c1ccccc1C. The van der Waals surface area contributed by atoms with Crippen molar-refractivity contribution in [2.45, 2.75) is 46.1 Å². The predicted octanol–water partition coefficient (Wildman–Crippen LogP) is 3.64. The highest BCUT2D eigenvalue weighted by Crippen LogP contribution is 2.33. The molecule has 1 aromatic rings. The van der Waals surface area contributed by atoms with Crippen molar-refractivity contribution in [1.82, 2.24) is 0 Å². The van der Waals surface area contributed by atoms with E-state index in [0.29, 0.717) is 5.92 Å². The molecule has 0 amide bonds. The Hall–Kier alpha value is -0.820. The van der Waals surface area contributed by atoms with Crippen LogP contribution >= 0.6 is 0 Å². The third-order valence-corrected chi connectivity index (χ3v) is 3.37. The molecule has 0 saturated heterocycles. The maximum atomic E-state index is 10.6. The fourth-order valence-electron chi connectivity index (χ4n) is 2.12. The van der Waals surface area contributed by atoms with E-state index in [1.165, 1.54) is 5.56 Å². The van der Waals surface area contributed by atoms with Crippen molar-refractivity contribution in [3.05, 3.63) is 35.4 Å². The molecule has 0 saturated carbocycles. The molecule has 0 aliphatic rings. The fourth-order valence-corrected chi connectivity index (χ4v) is 2.12. The minimum Gasteiger partial charge on any atom is -0.385 e. The Kier molecular flexibility index (Phi) is 3.92. The first-order valence-corrected chi connectivity index (χ1v) is 5.78. The van der Waals surface area contributed by atoms with E-state index in [4.69, 9.17) is 0 Å². The lowest BCUT2D eigenvalue weighted by Gasteiger charge is -2.32. The van der Waals surface area contributed by atoms with E-state index in [0.717, 1.165) is 18.4 Å². The van der Waals surface area contributed by atoms with Crippen LogP contribution in [0.3, 0.4) is 0 Å². The Labute approximate surface area is 93.1 Å². The Morgan fingerprint density at radius 3 is 2.47 bits per heavy atom. The first-order chi connectivity index (χ1) is 7.00. The van der Waals surface area contributed by atoms with Crippen LogP contribution in [-0.4, -0.2) is 5.11 Å². The molecule has 1 rings (SSSR count). The molecule has 0 fully saturated rings. The standard InChI is InChI=1S/C14H22O/c1-5-8-12(3)14(4,15)13-10-7-6-9-11(13)2/h6-7,9-10,12,15H,5,8H2,1-4H3. The molecule has 0 aromatic heterocycles. The molecular weight excluding hydrogens is 184 g/mol. The van der Waals surface area contributed by atoms with Crippen molar-refractivity contribution in [3.63, 3.8) is 0 Å². The zero-order chi connectivity index (χ0) is 11.5. The highest BCUT2D eigenvalue weighted by molar-refractivity contribution is 5.31. The maximum Gasteiger partial charge on any atom is 0.0896 e. The van der Waals surface area contributed by atoms with Gasteiger partial charge in [0, 0.05) is 0 Å². The Morgan fingerprint density at radius 2 is 1.93 bits per heavy atom. The lowest BCUT2D eigenvalue weighted by molar-refractivity contribution is -0.00274. The molecule has 1 N–H and O–H groups in total. The van der Waals surface area contributed by atoms with E-state index in [1.807, 2.05) is 25.1 Å².